The molecular weight excluding hydrogens is 296 g/mol. The summed E-state index contributed by atoms with van der Waals surface area (Å²) in [7, 11) is 1.27. The second-order valence-corrected chi connectivity index (χ2v) is 4.86. The van der Waals surface area contributed by atoms with Crippen LogP contribution in [-0.2, 0) is 11.3 Å². The van der Waals surface area contributed by atoms with Crippen LogP contribution in [-0.4, -0.2) is 34.7 Å². The SMILES string of the molecule is COC(=O)c1nnn(CCOc2cccc3ccccc23)c1N. The van der Waals surface area contributed by atoms with Crippen LogP contribution in [0.2, 0.25) is 0 Å². The predicted octanol–water partition coefficient (Wildman–Crippen LogP) is 1.88. The molecule has 0 spiro atoms. The first kappa shape index (κ1) is 14.8. The Morgan fingerprint density at radius 1 is 1.22 bits per heavy atom. The number of carbonyl (C=O) groups excluding carboxylic acids is 1. The Labute approximate surface area is 132 Å². The minimum absolute atomic E-state index is 0.0117. The molecule has 0 radical (unpaired) electrons. The Kier molecular flexibility index (Phi) is 4.09. The third-order valence-electron chi connectivity index (χ3n) is 3.46. The van der Waals surface area contributed by atoms with Gasteiger partial charge >= 0.3 is 5.97 Å². The molecule has 7 nitrogen and oxygen atoms in total. The van der Waals surface area contributed by atoms with Crippen molar-refractivity contribution in [2.75, 3.05) is 19.5 Å². The molecule has 0 unspecified atom stereocenters. The van der Waals surface area contributed by atoms with E-state index >= 15 is 0 Å². The van der Waals surface area contributed by atoms with Crippen molar-refractivity contribution in [1.82, 2.24) is 15.0 Å². The number of nitrogens with two attached hydrogens (primary N) is 1. The van der Waals surface area contributed by atoms with Crippen LogP contribution in [0, 0.1) is 0 Å². The van der Waals surface area contributed by atoms with Crippen molar-refractivity contribution < 1.29 is 14.3 Å². The monoisotopic (exact) mass is 312 g/mol. The molecule has 23 heavy (non-hydrogen) atoms. The van der Waals surface area contributed by atoms with Crippen molar-refractivity contribution in [3.05, 3.63) is 48.2 Å². The van der Waals surface area contributed by atoms with Crippen LogP contribution in [0.1, 0.15) is 10.5 Å². The highest BCUT2D eigenvalue weighted by Crippen LogP contribution is 2.25. The number of nitrogens with zero attached hydrogens (tertiary/aromatic N) is 3. The predicted molar refractivity (Wildman–Crippen MR) is 85.2 cm³/mol. The van der Waals surface area contributed by atoms with Crippen LogP contribution in [0.3, 0.4) is 0 Å². The average molecular weight is 312 g/mol. The second-order valence-electron chi connectivity index (χ2n) is 4.86. The highest BCUT2D eigenvalue weighted by atomic mass is 16.5. The van der Waals surface area contributed by atoms with Crippen molar-refractivity contribution in [1.29, 1.82) is 0 Å². The van der Waals surface area contributed by atoms with Gasteiger partial charge in [-0.25, -0.2) is 9.48 Å². The van der Waals surface area contributed by atoms with Gasteiger partial charge in [0.15, 0.2) is 5.82 Å². The number of hydrogen-bond donors (Lipinski definition) is 1. The van der Waals surface area contributed by atoms with Crippen LogP contribution in [0.4, 0.5) is 5.82 Å². The molecule has 7 heteroatoms. The van der Waals surface area contributed by atoms with Crippen LogP contribution in [0.15, 0.2) is 42.5 Å². The molecule has 3 aromatic rings. The van der Waals surface area contributed by atoms with Crippen LogP contribution < -0.4 is 10.5 Å². The fourth-order valence-corrected chi connectivity index (χ4v) is 2.29. The zero-order valence-corrected chi connectivity index (χ0v) is 12.6. The number of ether oxygens (including phenoxy) is 2. The molecule has 0 saturated heterocycles. The van der Waals surface area contributed by atoms with Crippen molar-refractivity contribution in [3.63, 3.8) is 0 Å². The summed E-state index contributed by atoms with van der Waals surface area (Å²) in [5, 5.41) is 9.71. The number of anilines is 1. The lowest BCUT2D eigenvalue weighted by Gasteiger charge is -2.09. The molecule has 0 aliphatic rings. The van der Waals surface area contributed by atoms with Gasteiger partial charge in [0.25, 0.3) is 0 Å². The van der Waals surface area contributed by atoms with Crippen molar-refractivity contribution in [2.24, 2.45) is 0 Å². The number of carbonyl (C=O) groups is 1. The number of rotatable bonds is 5. The first-order valence-corrected chi connectivity index (χ1v) is 7.08. The van der Waals surface area contributed by atoms with E-state index in [2.05, 4.69) is 15.0 Å². The third-order valence-corrected chi connectivity index (χ3v) is 3.46. The van der Waals surface area contributed by atoms with Gasteiger partial charge in [-0.05, 0) is 11.5 Å². The molecule has 0 aliphatic heterocycles. The first-order valence-electron chi connectivity index (χ1n) is 7.08. The molecule has 0 amide bonds. The van der Waals surface area contributed by atoms with E-state index in [0.29, 0.717) is 13.2 Å². The number of nitrogen functional groups attached to an aromatic ring is 1. The van der Waals surface area contributed by atoms with E-state index < -0.39 is 5.97 Å². The Bertz CT molecular complexity index is 839. The third kappa shape index (κ3) is 2.94. The lowest BCUT2D eigenvalue weighted by atomic mass is 10.1. The van der Waals surface area contributed by atoms with E-state index in [0.717, 1.165) is 16.5 Å². The minimum atomic E-state index is -0.608. The molecule has 1 aromatic heterocycles. The Hall–Kier alpha value is -3.09. The Morgan fingerprint density at radius 3 is 2.83 bits per heavy atom. The molecule has 0 fully saturated rings. The average Bonchev–Trinajstić information content (AvgIpc) is 2.95. The van der Waals surface area contributed by atoms with E-state index in [1.807, 2.05) is 42.5 Å². The summed E-state index contributed by atoms with van der Waals surface area (Å²) in [4.78, 5) is 11.4. The largest absolute Gasteiger partial charge is 0.491 e. The van der Waals surface area contributed by atoms with Gasteiger partial charge < -0.3 is 15.2 Å². The number of methoxy groups -OCH3 is 1. The minimum Gasteiger partial charge on any atom is -0.491 e. The Morgan fingerprint density at radius 2 is 2.00 bits per heavy atom. The molecule has 2 N–H and O–H groups in total. The molecule has 0 aliphatic carbocycles. The summed E-state index contributed by atoms with van der Waals surface area (Å²) >= 11 is 0. The summed E-state index contributed by atoms with van der Waals surface area (Å²) in [6.45, 7) is 0.723. The second kappa shape index (κ2) is 6.35. The molecule has 3 rings (SSSR count). The summed E-state index contributed by atoms with van der Waals surface area (Å²) in [5.74, 6) is 0.345. The zero-order chi connectivity index (χ0) is 16.2. The maximum absolute atomic E-state index is 11.4. The van der Waals surface area contributed by atoms with E-state index in [4.69, 9.17) is 10.5 Å². The van der Waals surface area contributed by atoms with Gasteiger partial charge in [-0.2, -0.15) is 0 Å². The van der Waals surface area contributed by atoms with Gasteiger partial charge in [0.05, 0.1) is 13.7 Å². The van der Waals surface area contributed by atoms with E-state index in [1.165, 1.54) is 11.8 Å². The highest BCUT2D eigenvalue weighted by Gasteiger charge is 2.17. The van der Waals surface area contributed by atoms with Gasteiger partial charge in [-0.15, -0.1) is 5.10 Å². The molecular formula is C16H16N4O3. The van der Waals surface area contributed by atoms with Crippen molar-refractivity contribution >= 4 is 22.6 Å². The number of aromatic nitrogens is 3. The van der Waals surface area contributed by atoms with Crippen LogP contribution in [0.5, 0.6) is 5.75 Å². The van der Waals surface area contributed by atoms with Crippen molar-refractivity contribution in [2.45, 2.75) is 6.54 Å². The number of fused-ring (bicyclic) bond motifs is 1. The number of esters is 1. The summed E-state index contributed by atoms with van der Waals surface area (Å²) in [6, 6.07) is 13.9. The summed E-state index contributed by atoms with van der Waals surface area (Å²) < 4.78 is 11.8. The fourth-order valence-electron chi connectivity index (χ4n) is 2.29. The maximum Gasteiger partial charge on any atom is 0.362 e. The summed E-state index contributed by atoms with van der Waals surface area (Å²) in [5.41, 5.74) is 5.84. The van der Waals surface area contributed by atoms with Crippen LogP contribution >= 0.6 is 0 Å². The Balaban J connectivity index is 1.70. The molecule has 0 bridgehead atoms. The van der Waals surface area contributed by atoms with Gasteiger partial charge in [0, 0.05) is 5.39 Å². The van der Waals surface area contributed by atoms with E-state index in [9.17, 15) is 4.79 Å². The molecule has 2 aromatic carbocycles. The fraction of sp³-hybridized carbons (Fsp3) is 0.188. The zero-order valence-electron chi connectivity index (χ0n) is 12.6. The van der Waals surface area contributed by atoms with E-state index in [1.54, 1.807) is 0 Å². The van der Waals surface area contributed by atoms with Gasteiger partial charge in [-0.3, -0.25) is 0 Å². The number of benzene rings is 2. The van der Waals surface area contributed by atoms with E-state index in [-0.39, 0.29) is 11.5 Å². The van der Waals surface area contributed by atoms with Gasteiger partial charge in [-0.1, -0.05) is 41.6 Å². The molecule has 0 saturated carbocycles. The van der Waals surface area contributed by atoms with Crippen LogP contribution in [0.25, 0.3) is 10.8 Å². The quantitative estimate of drug-likeness (QED) is 0.723. The normalized spacial score (nSPS) is 10.7. The molecule has 0 atom stereocenters. The van der Waals surface area contributed by atoms with Gasteiger partial charge in [0.1, 0.15) is 12.4 Å². The van der Waals surface area contributed by atoms with Crippen molar-refractivity contribution in [3.8, 4) is 5.75 Å². The topological polar surface area (TPSA) is 92.3 Å². The van der Waals surface area contributed by atoms with Gasteiger partial charge in [0.2, 0.25) is 5.69 Å². The maximum atomic E-state index is 11.4. The summed E-state index contributed by atoms with van der Waals surface area (Å²) in [6.07, 6.45) is 0. The lowest BCUT2D eigenvalue weighted by molar-refractivity contribution is 0.0595. The first-order chi connectivity index (χ1) is 11.2. The number of hydrogen-bond acceptors (Lipinski definition) is 6. The standard InChI is InChI=1S/C16H16N4O3/c1-22-16(21)14-15(17)20(19-18-14)9-10-23-13-8-4-6-11-5-2-3-7-12(11)13/h2-8H,9-10,17H2,1H3. The molecule has 1 heterocycles. The highest BCUT2D eigenvalue weighted by molar-refractivity contribution is 5.91. The lowest BCUT2D eigenvalue weighted by Crippen LogP contribution is -2.13. The smallest absolute Gasteiger partial charge is 0.362 e. The molecule has 118 valence electrons.